The van der Waals surface area contributed by atoms with Gasteiger partial charge in [0, 0.05) is 27.1 Å². The van der Waals surface area contributed by atoms with Crippen LogP contribution in [-0.2, 0) is 0 Å². The predicted molar refractivity (Wildman–Crippen MR) is 152 cm³/mol. The van der Waals surface area contributed by atoms with Crippen molar-refractivity contribution in [1.29, 1.82) is 0 Å². The van der Waals surface area contributed by atoms with Gasteiger partial charge in [0.15, 0.2) is 5.78 Å². The van der Waals surface area contributed by atoms with E-state index in [-0.39, 0.29) is 28.2 Å². The Bertz CT molecular complexity index is 1470. The van der Waals surface area contributed by atoms with Crippen LogP contribution in [0.5, 0.6) is 5.75 Å². The Morgan fingerprint density at radius 3 is 2.42 bits per heavy atom. The number of benzene rings is 1. The Morgan fingerprint density at radius 2 is 1.74 bits per heavy atom. The van der Waals surface area contributed by atoms with Gasteiger partial charge < -0.3 is 16.1 Å². The fraction of sp³-hybridized carbons (Fsp3) is 0.0833. The molecular formula is C24H22Cl2N3O6S3+. The second-order valence-corrected chi connectivity index (χ2v) is 11.2. The number of rotatable bonds is 8. The third-order valence-electron chi connectivity index (χ3n) is 4.92. The van der Waals surface area contributed by atoms with E-state index in [1.807, 2.05) is 0 Å². The molecule has 0 radical (unpaired) electrons. The molecule has 1 aromatic carbocycles. The van der Waals surface area contributed by atoms with E-state index >= 15 is 0 Å². The van der Waals surface area contributed by atoms with Crippen molar-refractivity contribution in [1.82, 2.24) is 5.43 Å². The number of ketones is 1. The topological polar surface area (TPSA) is 166 Å². The molecule has 9 nitrogen and oxygen atoms in total. The number of nitrogens with zero attached hydrogens (tertiary/aromatic N) is 2. The molecule has 38 heavy (non-hydrogen) atoms. The highest BCUT2D eigenvalue weighted by atomic mass is 35.5. The highest BCUT2D eigenvalue weighted by Gasteiger charge is 2.17. The molecule has 14 heteroatoms. The zero-order chi connectivity index (χ0) is 25.8. The van der Waals surface area contributed by atoms with Gasteiger partial charge in [0.1, 0.15) is 5.75 Å². The first-order valence-corrected chi connectivity index (χ1v) is 13.7. The number of hydrazone groups is 1. The number of aromatic nitrogens is 1. The maximum Gasteiger partial charge on any atom is 0.281 e. The largest absolute Gasteiger partial charge is 0.506 e. The van der Waals surface area contributed by atoms with Crippen LogP contribution in [0.15, 0.2) is 70.2 Å². The first-order chi connectivity index (χ1) is 17.2. The Labute approximate surface area is 239 Å². The van der Waals surface area contributed by atoms with Gasteiger partial charge in [0.2, 0.25) is 12.4 Å². The lowest BCUT2D eigenvalue weighted by Gasteiger charge is -2.04. The Balaban J connectivity index is 0.00000253. The van der Waals surface area contributed by atoms with Gasteiger partial charge in [-0.25, -0.2) is 5.43 Å². The molecule has 0 atom stereocenters. The molecule has 4 rings (SSSR count). The number of pyridine rings is 1. The van der Waals surface area contributed by atoms with Crippen LogP contribution in [0.2, 0.25) is 10.0 Å². The van der Waals surface area contributed by atoms with E-state index < -0.39 is 5.91 Å². The SMILES string of the molecule is C/C(=N\NC(=O)c1ccc(C(=O)CSc2cc[n+](O)cc2)s1)c1csc(-c2ccc(Cl)c(Cl)c2)c1O.O.O. The van der Waals surface area contributed by atoms with Crippen LogP contribution < -0.4 is 10.2 Å². The van der Waals surface area contributed by atoms with Crippen molar-refractivity contribution < 1.29 is 35.6 Å². The van der Waals surface area contributed by atoms with Gasteiger partial charge in [0.25, 0.3) is 5.91 Å². The fourth-order valence-electron chi connectivity index (χ4n) is 3.03. The van der Waals surface area contributed by atoms with E-state index in [4.69, 9.17) is 23.2 Å². The van der Waals surface area contributed by atoms with Gasteiger partial charge in [-0.2, -0.15) is 5.10 Å². The molecule has 0 fully saturated rings. The normalized spacial score (nSPS) is 10.9. The van der Waals surface area contributed by atoms with Crippen LogP contribution in [0.1, 0.15) is 31.8 Å². The van der Waals surface area contributed by atoms with Gasteiger partial charge in [-0.3, -0.25) is 14.8 Å². The van der Waals surface area contributed by atoms with Crippen molar-refractivity contribution >= 4 is 75.0 Å². The molecule has 0 bridgehead atoms. The van der Waals surface area contributed by atoms with E-state index in [1.165, 1.54) is 35.5 Å². The second-order valence-electron chi connectivity index (χ2n) is 7.38. The molecule has 0 saturated carbocycles. The minimum Gasteiger partial charge on any atom is -0.506 e. The number of carbonyl (C=O) groups is 2. The molecule has 4 aromatic rings. The zero-order valence-corrected chi connectivity index (χ0v) is 23.5. The van der Waals surface area contributed by atoms with E-state index in [9.17, 15) is 19.9 Å². The molecular weight excluding hydrogens is 593 g/mol. The Morgan fingerprint density at radius 1 is 1.05 bits per heavy atom. The predicted octanol–water partition coefficient (Wildman–Crippen LogP) is 4.49. The summed E-state index contributed by atoms with van der Waals surface area (Å²) in [5, 5.41) is 26.6. The molecule has 0 unspecified atom stereocenters. The summed E-state index contributed by atoms with van der Waals surface area (Å²) in [4.78, 5) is 27.3. The molecule has 200 valence electrons. The third-order valence-corrected chi connectivity index (χ3v) is 8.81. The lowest BCUT2D eigenvalue weighted by molar-refractivity contribution is -0.905. The van der Waals surface area contributed by atoms with Crippen LogP contribution in [0.3, 0.4) is 0 Å². The lowest BCUT2D eigenvalue weighted by atomic mass is 10.1. The first kappa shape index (κ1) is 31.2. The number of carbonyl (C=O) groups excluding carboxylic acids is 2. The number of Topliss-reactive ketones (excluding diaryl/α,β-unsaturated/α-hetero) is 1. The van der Waals surface area contributed by atoms with Crippen molar-refractivity contribution in [3.8, 4) is 16.2 Å². The fourth-order valence-corrected chi connectivity index (χ4v) is 6.02. The zero-order valence-electron chi connectivity index (χ0n) is 19.6. The Kier molecular flexibility index (Phi) is 11.3. The summed E-state index contributed by atoms with van der Waals surface area (Å²) in [6.45, 7) is 1.67. The van der Waals surface area contributed by atoms with Crippen LogP contribution >= 0.6 is 57.6 Å². The summed E-state index contributed by atoms with van der Waals surface area (Å²) in [6, 6.07) is 11.7. The van der Waals surface area contributed by atoms with Crippen molar-refractivity contribution in [2.75, 3.05) is 5.75 Å². The van der Waals surface area contributed by atoms with Gasteiger partial charge in [-0.05, 0) is 36.8 Å². The van der Waals surface area contributed by atoms with Gasteiger partial charge >= 0.3 is 0 Å². The smallest absolute Gasteiger partial charge is 0.281 e. The van der Waals surface area contributed by atoms with Crippen molar-refractivity contribution in [3.63, 3.8) is 0 Å². The van der Waals surface area contributed by atoms with Crippen molar-refractivity contribution in [3.05, 3.63) is 85.6 Å². The minimum absolute atomic E-state index is 0. The number of thioether (sulfide) groups is 1. The molecule has 0 aliphatic carbocycles. The highest BCUT2D eigenvalue weighted by Crippen LogP contribution is 2.40. The summed E-state index contributed by atoms with van der Waals surface area (Å²) >= 11 is 15.8. The number of nitrogens with one attached hydrogen (secondary N) is 1. The maximum atomic E-state index is 12.6. The van der Waals surface area contributed by atoms with Crippen LogP contribution in [0.25, 0.3) is 10.4 Å². The number of halogens is 2. The molecule has 0 aliphatic rings. The molecule has 7 N–H and O–H groups in total. The van der Waals surface area contributed by atoms with Crippen LogP contribution in [0.4, 0.5) is 0 Å². The van der Waals surface area contributed by atoms with E-state index in [1.54, 1.807) is 54.8 Å². The summed E-state index contributed by atoms with van der Waals surface area (Å²) < 4.78 is 0.925. The lowest BCUT2D eigenvalue weighted by Crippen LogP contribution is -2.27. The standard InChI is InChI=1S/C24H17Cl2N3O4S3.2H2O/c1-13(16-11-35-23(22(16)31)14-2-3-17(25)18(26)10-14)27-28-24(32)21-5-4-20(36-21)19(30)12-34-15-6-8-29(33)9-7-15;;/h2-11H,12H2,1H3,(H2-,28,31,32,33);2*1H2/p+1/b27-13+;;. The van der Waals surface area contributed by atoms with Crippen LogP contribution in [0, 0.1) is 0 Å². The van der Waals surface area contributed by atoms with Crippen molar-refractivity contribution in [2.45, 2.75) is 11.8 Å². The van der Waals surface area contributed by atoms with E-state index in [0.29, 0.717) is 41.5 Å². The summed E-state index contributed by atoms with van der Waals surface area (Å²) in [6.07, 6.45) is 2.96. The molecule has 0 saturated heterocycles. The highest BCUT2D eigenvalue weighted by molar-refractivity contribution is 8.00. The van der Waals surface area contributed by atoms with E-state index in [2.05, 4.69) is 10.5 Å². The van der Waals surface area contributed by atoms with Gasteiger partial charge in [0.05, 0.1) is 41.7 Å². The van der Waals surface area contributed by atoms with E-state index in [0.717, 1.165) is 21.0 Å². The summed E-state index contributed by atoms with van der Waals surface area (Å²) in [7, 11) is 0. The number of hydrogen-bond donors (Lipinski definition) is 3. The second kappa shape index (κ2) is 13.7. The molecule has 1 amide bonds. The summed E-state index contributed by atoms with van der Waals surface area (Å²) in [5.74, 6) is -0.335. The quantitative estimate of drug-likeness (QED) is 0.0662. The first-order valence-electron chi connectivity index (χ1n) is 10.3. The van der Waals surface area contributed by atoms with Crippen LogP contribution in [-0.4, -0.2) is 44.4 Å². The number of amides is 1. The maximum absolute atomic E-state index is 12.6. The molecule has 3 aromatic heterocycles. The van der Waals surface area contributed by atoms with Gasteiger partial charge in [-0.1, -0.05) is 29.3 Å². The minimum atomic E-state index is -0.457. The van der Waals surface area contributed by atoms with Crippen molar-refractivity contribution in [2.24, 2.45) is 5.10 Å². The molecule has 0 aliphatic heterocycles. The summed E-state index contributed by atoms with van der Waals surface area (Å²) in [5.41, 5.74) is 4.09. The number of aromatic hydroxyl groups is 1. The van der Waals surface area contributed by atoms with Gasteiger partial charge in [-0.15, -0.1) is 34.4 Å². The average Bonchev–Trinajstić information content (AvgIpc) is 3.51. The monoisotopic (exact) mass is 614 g/mol. The average molecular weight is 616 g/mol. The number of hydrogen-bond acceptors (Lipinski definition) is 8. The number of thiophene rings is 2. The molecule has 3 heterocycles. The molecule has 0 spiro atoms. The Hall–Kier alpha value is -2.97. The third kappa shape index (κ3) is 7.32.